The number of hydrogen-bond acceptors (Lipinski definition) is 3. The lowest BCUT2D eigenvalue weighted by Gasteiger charge is -2.37. The predicted molar refractivity (Wildman–Crippen MR) is 72.4 cm³/mol. The van der Waals surface area contributed by atoms with Gasteiger partial charge in [0, 0.05) is 24.4 Å². The maximum Gasteiger partial charge on any atom is 0.0991 e. The van der Waals surface area contributed by atoms with Crippen LogP contribution in [0.25, 0.3) is 0 Å². The number of anilines is 1. The SMILES string of the molecule is CC1(C)C(CCO)CCN1c1ccc(C#N)cc1. The molecule has 0 amide bonds. The van der Waals surface area contributed by atoms with E-state index in [0.29, 0.717) is 11.5 Å². The third kappa shape index (κ3) is 2.21. The van der Waals surface area contributed by atoms with Gasteiger partial charge in [-0.2, -0.15) is 5.26 Å². The van der Waals surface area contributed by atoms with Crippen LogP contribution in [0.3, 0.4) is 0 Å². The summed E-state index contributed by atoms with van der Waals surface area (Å²) in [5, 5.41) is 17.9. The standard InChI is InChI=1S/C15H20N2O/c1-15(2)13(8-10-18)7-9-17(15)14-5-3-12(11-16)4-6-14/h3-6,13,18H,7-10H2,1-2H3. The van der Waals surface area contributed by atoms with Gasteiger partial charge in [0.1, 0.15) is 0 Å². The molecular formula is C15H20N2O. The fraction of sp³-hybridized carbons (Fsp3) is 0.533. The lowest BCUT2D eigenvalue weighted by molar-refractivity contribution is 0.229. The molecule has 3 heteroatoms. The summed E-state index contributed by atoms with van der Waals surface area (Å²) in [6.45, 7) is 5.75. The molecular weight excluding hydrogens is 224 g/mol. The van der Waals surface area contributed by atoms with Crippen LogP contribution >= 0.6 is 0 Å². The van der Waals surface area contributed by atoms with Gasteiger partial charge in [-0.15, -0.1) is 0 Å². The summed E-state index contributed by atoms with van der Waals surface area (Å²) in [7, 11) is 0. The summed E-state index contributed by atoms with van der Waals surface area (Å²) in [6.07, 6.45) is 1.98. The van der Waals surface area contributed by atoms with Crippen molar-refractivity contribution in [1.29, 1.82) is 5.26 Å². The molecule has 1 heterocycles. The number of rotatable bonds is 3. The Balaban J connectivity index is 2.21. The third-order valence-corrected chi connectivity index (χ3v) is 4.18. The van der Waals surface area contributed by atoms with Crippen LogP contribution in [0.2, 0.25) is 0 Å². The van der Waals surface area contributed by atoms with Crippen molar-refractivity contribution in [1.82, 2.24) is 0 Å². The highest BCUT2D eigenvalue weighted by atomic mass is 16.3. The molecule has 1 unspecified atom stereocenters. The number of aliphatic hydroxyl groups excluding tert-OH is 1. The van der Waals surface area contributed by atoms with Crippen molar-refractivity contribution in [2.75, 3.05) is 18.1 Å². The maximum absolute atomic E-state index is 9.13. The van der Waals surface area contributed by atoms with Gasteiger partial charge in [0.15, 0.2) is 0 Å². The molecule has 2 rings (SSSR count). The lowest BCUT2D eigenvalue weighted by Crippen LogP contribution is -2.42. The van der Waals surface area contributed by atoms with E-state index in [4.69, 9.17) is 10.4 Å². The fourth-order valence-electron chi connectivity index (χ4n) is 2.98. The van der Waals surface area contributed by atoms with Crippen LogP contribution in [0.5, 0.6) is 0 Å². The van der Waals surface area contributed by atoms with E-state index in [1.807, 2.05) is 24.3 Å². The molecule has 1 aliphatic heterocycles. The molecule has 1 aromatic carbocycles. The van der Waals surface area contributed by atoms with E-state index >= 15 is 0 Å². The third-order valence-electron chi connectivity index (χ3n) is 4.18. The Morgan fingerprint density at radius 2 is 2.06 bits per heavy atom. The van der Waals surface area contributed by atoms with Gasteiger partial charge in [-0.25, -0.2) is 0 Å². The Bertz CT molecular complexity index is 445. The first-order valence-electron chi connectivity index (χ1n) is 6.48. The smallest absolute Gasteiger partial charge is 0.0991 e. The lowest BCUT2D eigenvalue weighted by atomic mass is 9.86. The Labute approximate surface area is 109 Å². The van der Waals surface area contributed by atoms with Crippen LogP contribution < -0.4 is 4.90 Å². The molecule has 1 fully saturated rings. The van der Waals surface area contributed by atoms with Crippen molar-refractivity contribution < 1.29 is 5.11 Å². The second kappa shape index (κ2) is 4.99. The highest BCUT2D eigenvalue weighted by molar-refractivity contribution is 5.52. The monoisotopic (exact) mass is 244 g/mol. The molecule has 0 aromatic heterocycles. The van der Waals surface area contributed by atoms with Gasteiger partial charge in [0.05, 0.1) is 11.6 Å². The molecule has 1 saturated heterocycles. The zero-order valence-corrected chi connectivity index (χ0v) is 11.1. The number of nitriles is 1. The van der Waals surface area contributed by atoms with Crippen molar-refractivity contribution in [3.05, 3.63) is 29.8 Å². The van der Waals surface area contributed by atoms with E-state index < -0.39 is 0 Å². The van der Waals surface area contributed by atoms with Crippen molar-refractivity contribution in [2.24, 2.45) is 5.92 Å². The molecule has 3 nitrogen and oxygen atoms in total. The average molecular weight is 244 g/mol. The van der Waals surface area contributed by atoms with Crippen LogP contribution in [-0.2, 0) is 0 Å². The summed E-state index contributed by atoms with van der Waals surface area (Å²) >= 11 is 0. The fourth-order valence-corrected chi connectivity index (χ4v) is 2.98. The van der Waals surface area contributed by atoms with E-state index in [-0.39, 0.29) is 12.1 Å². The molecule has 0 spiro atoms. The summed E-state index contributed by atoms with van der Waals surface area (Å²) in [6, 6.07) is 9.91. The van der Waals surface area contributed by atoms with Gasteiger partial charge in [-0.1, -0.05) is 0 Å². The van der Waals surface area contributed by atoms with Gasteiger partial charge in [0.2, 0.25) is 0 Å². The maximum atomic E-state index is 9.13. The number of nitrogens with zero attached hydrogens (tertiary/aromatic N) is 2. The van der Waals surface area contributed by atoms with Gasteiger partial charge in [-0.05, 0) is 56.9 Å². The van der Waals surface area contributed by atoms with Crippen LogP contribution in [0.1, 0.15) is 32.3 Å². The summed E-state index contributed by atoms with van der Waals surface area (Å²) < 4.78 is 0. The largest absolute Gasteiger partial charge is 0.396 e. The van der Waals surface area contributed by atoms with E-state index in [0.717, 1.165) is 19.4 Å². The van der Waals surface area contributed by atoms with Crippen molar-refractivity contribution in [2.45, 2.75) is 32.2 Å². The minimum atomic E-state index is 0.0664. The number of hydrogen-bond donors (Lipinski definition) is 1. The molecule has 18 heavy (non-hydrogen) atoms. The number of aliphatic hydroxyl groups is 1. The van der Waals surface area contributed by atoms with Crippen LogP contribution in [-0.4, -0.2) is 23.8 Å². The quantitative estimate of drug-likeness (QED) is 0.888. The molecule has 0 aliphatic carbocycles. The second-order valence-corrected chi connectivity index (χ2v) is 5.46. The van der Waals surface area contributed by atoms with E-state index in [1.54, 1.807) is 0 Å². The van der Waals surface area contributed by atoms with Crippen LogP contribution in [0.15, 0.2) is 24.3 Å². The van der Waals surface area contributed by atoms with Crippen LogP contribution in [0, 0.1) is 17.2 Å². The highest BCUT2D eigenvalue weighted by Crippen LogP contribution is 2.39. The average Bonchev–Trinajstić information content (AvgIpc) is 2.66. The van der Waals surface area contributed by atoms with Gasteiger partial charge in [-0.3, -0.25) is 0 Å². The van der Waals surface area contributed by atoms with E-state index in [1.165, 1.54) is 5.69 Å². The first-order valence-corrected chi connectivity index (χ1v) is 6.48. The Morgan fingerprint density at radius 1 is 1.39 bits per heavy atom. The normalized spacial score (nSPS) is 21.9. The molecule has 0 radical (unpaired) electrons. The van der Waals surface area contributed by atoms with Crippen molar-refractivity contribution >= 4 is 5.69 Å². The zero-order valence-electron chi connectivity index (χ0n) is 11.1. The Kier molecular flexibility index (Phi) is 3.58. The molecule has 1 aliphatic rings. The molecule has 1 aromatic rings. The molecule has 0 bridgehead atoms. The summed E-state index contributed by atoms with van der Waals surface area (Å²) in [5.74, 6) is 0.526. The van der Waals surface area contributed by atoms with E-state index in [9.17, 15) is 0 Å². The van der Waals surface area contributed by atoms with Crippen LogP contribution in [0.4, 0.5) is 5.69 Å². The highest BCUT2D eigenvalue weighted by Gasteiger charge is 2.40. The van der Waals surface area contributed by atoms with E-state index in [2.05, 4.69) is 24.8 Å². The second-order valence-electron chi connectivity index (χ2n) is 5.46. The van der Waals surface area contributed by atoms with Gasteiger partial charge >= 0.3 is 0 Å². The zero-order chi connectivity index (χ0) is 13.2. The minimum Gasteiger partial charge on any atom is -0.396 e. The molecule has 0 saturated carbocycles. The Morgan fingerprint density at radius 3 is 2.61 bits per heavy atom. The summed E-state index contributed by atoms with van der Waals surface area (Å²) in [5.41, 5.74) is 1.93. The topological polar surface area (TPSA) is 47.3 Å². The molecule has 96 valence electrons. The number of benzene rings is 1. The van der Waals surface area contributed by atoms with Gasteiger partial charge in [0.25, 0.3) is 0 Å². The van der Waals surface area contributed by atoms with Gasteiger partial charge < -0.3 is 10.0 Å². The van der Waals surface area contributed by atoms with Crippen molar-refractivity contribution in [3.8, 4) is 6.07 Å². The molecule has 1 N–H and O–H groups in total. The van der Waals surface area contributed by atoms with Crippen molar-refractivity contribution in [3.63, 3.8) is 0 Å². The first-order chi connectivity index (χ1) is 8.59. The predicted octanol–water partition coefficient (Wildman–Crippen LogP) is 2.55. The Hall–Kier alpha value is -1.53. The minimum absolute atomic E-state index is 0.0664. The summed E-state index contributed by atoms with van der Waals surface area (Å²) in [4.78, 5) is 2.38. The molecule has 1 atom stereocenters. The first kappa shape index (κ1) is 12.9.